The lowest BCUT2D eigenvalue weighted by molar-refractivity contribution is -0.385. The van der Waals surface area contributed by atoms with E-state index in [4.69, 9.17) is 0 Å². The van der Waals surface area contributed by atoms with Crippen molar-refractivity contribution in [1.29, 1.82) is 0 Å². The van der Waals surface area contributed by atoms with Gasteiger partial charge in [0, 0.05) is 29.2 Å². The van der Waals surface area contributed by atoms with E-state index in [-0.39, 0.29) is 23.8 Å². The number of nitrogens with zero attached hydrogens (tertiary/aromatic N) is 2. The number of nitro groups is 1. The number of nitro benzene ring substituents is 1. The summed E-state index contributed by atoms with van der Waals surface area (Å²) in [5.41, 5.74) is -0.702. The van der Waals surface area contributed by atoms with Crippen molar-refractivity contribution in [3.63, 3.8) is 0 Å². The fraction of sp³-hybridized carbons (Fsp3) is 0.417. The van der Waals surface area contributed by atoms with Crippen LogP contribution in [0.15, 0.2) is 22.7 Å². The van der Waals surface area contributed by atoms with Gasteiger partial charge in [-0.3, -0.25) is 14.9 Å². The molecule has 0 saturated carbocycles. The SMILES string of the molecule is CN(C(=O)c1cc(Br)cc([N+](=O)[O-])c1)C(C)(C)CO. The molecule has 0 bridgehead atoms. The Hall–Kier alpha value is -1.47. The van der Waals surface area contributed by atoms with Gasteiger partial charge < -0.3 is 10.0 Å². The summed E-state index contributed by atoms with van der Waals surface area (Å²) >= 11 is 3.14. The maximum Gasteiger partial charge on any atom is 0.271 e. The molecule has 0 atom stereocenters. The molecule has 0 fully saturated rings. The zero-order chi connectivity index (χ0) is 14.8. The van der Waals surface area contributed by atoms with Crippen LogP contribution in [0.3, 0.4) is 0 Å². The van der Waals surface area contributed by atoms with Crippen LogP contribution in [0.2, 0.25) is 0 Å². The topological polar surface area (TPSA) is 83.7 Å². The molecule has 1 aromatic carbocycles. The van der Waals surface area contributed by atoms with Gasteiger partial charge in [-0.25, -0.2) is 0 Å². The van der Waals surface area contributed by atoms with Crippen molar-refractivity contribution in [3.8, 4) is 0 Å². The number of hydrogen-bond donors (Lipinski definition) is 1. The molecule has 1 rings (SSSR count). The van der Waals surface area contributed by atoms with E-state index in [1.807, 2.05) is 0 Å². The summed E-state index contributed by atoms with van der Waals surface area (Å²) in [5.74, 6) is -0.386. The van der Waals surface area contributed by atoms with Crippen LogP contribution in [0.25, 0.3) is 0 Å². The number of aliphatic hydroxyl groups is 1. The van der Waals surface area contributed by atoms with Crippen LogP contribution in [0, 0.1) is 10.1 Å². The Morgan fingerprint density at radius 1 is 1.47 bits per heavy atom. The molecule has 1 N–H and O–H groups in total. The van der Waals surface area contributed by atoms with E-state index in [0.29, 0.717) is 4.47 Å². The van der Waals surface area contributed by atoms with Gasteiger partial charge in [-0.05, 0) is 19.9 Å². The summed E-state index contributed by atoms with van der Waals surface area (Å²) in [6, 6.07) is 4.06. The Morgan fingerprint density at radius 3 is 2.53 bits per heavy atom. The molecule has 1 amide bonds. The molecule has 19 heavy (non-hydrogen) atoms. The van der Waals surface area contributed by atoms with E-state index < -0.39 is 10.5 Å². The number of amides is 1. The molecule has 0 aliphatic rings. The number of likely N-dealkylation sites (N-methyl/N-ethyl adjacent to an activating group) is 1. The van der Waals surface area contributed by atoms with E-state index in [0.717, 1.165) is 0 Å². The largest absolute Gasteiger partial charge is 0.394 e. The summed E-state index contributed by atoms with van der Waals surface area (Å²) in [7, 11) is 1.55. The molecule has 0 aliphatic carbocycles. The van der Waals surface area contributed by atoms with Crippen molar-refractivity contribution in [1.82, 2.24) is 4.90 Å². The molecule has 0 aromatic heterocycles. The average molecular weight is 331 g/mol. The van der Waals surface area contributed by atoms with Gasteiger partial charge in [-0.1, -0.05) is 15.9 Å². The monoisotopic (exact) mass is 330 g/mol. The highest BCUT2D eigenvalue weighted by atomic mass is 79.9. The number of non-ortho nitro benzene ring substituents is 1. The van der Waals surface area contributed by atoms with Gasteiger partial charge in [0.15, 0.2) is 0 Å². The maximum absolute atomic E-state index is 12.2. The molecule has 0 saturated heterocycles. The molecule has 0 aliphatic heterocycles. The van der Waals surface area contributed by atoms with Gasteiger partial charge in [0.05, 0.1) is 17.1 Å². The highest BCUT2D eigenvalue weighted by Crippen LogP contribution is 2.24. The Balaban J connectivity index is 3.16. The summed E-state index contributed by atoms with van der Waals surface area (Å²) in [6.45, 7) is 3.21. The number of carbonyl (C=O) groups excluding carboxylic acids is 1. The summed E-state index contributed by atoms with van der Waals surface area (Å²) < 4.78 is 0.459. The second-order valence-electron chi connectivity index (χ2n) is 4.79. The first-order chi connectivity index (χ1) is 8.69. The standard InChI is InChI=1S/C12H15BrN2O4/c1-12(2,7-16)14(3)11(17)8-4-9(13)6-10(5-8)15(18)19/h4-6,16H,7H2,1-3H3. The minimum Gasteiger partial charge on any atom is -0.394 e. The van der Waals surface area contributed by atoms with Crippen LogP contribution in [-0.2, 0) is 0 Å². The van der Waals surface area contributed by atoms with E-state index >= 15 is 0 Å². The van der Waals surface area contributed by atoms with Crippen molar-refractivity contribution >= 4 is 27.5 Å². The first-order valence-electron chi connectivity index (χ1n) is 5.53. The zero-order valence-corrected chi connectivity index (χ0v) is 12.5. The quantitative estimate of drug-likeness (QED) is 0.677. The van der Waals surface area contributed by atoms with Crippen LogP contribution in [0.4, 0.5) is 5.69 Å². The third-order valence-corrected chi connectivity index (χ3v) is 3.40. The molecular weight excluding hydrogens is 316 g/mol. The number of aliphatic hydroxyl groups excluding tert-OH is 1. The third kappa shape index (κ3) is 3.51. The minimum absolute atomic E-state index is 0.159. The molecule has 1 aromatic rings. The minimum atomic E-state index is -0.742. The zero-order valence-electron chi connectivity index (χ0n) is 10.9. The van der Waals surface area contributed by atoms with E-state index in [2.05, 4.69) is 15.9 Å². The molecule has 0 heterocycles. The second kappa shape index (κ2) is 5.66. The van der Waals surface area contributed by atoms with Crippen LogP contribution in [0.5, 0.6) is 0 Å². The summed E-state index contributed by atoms with van der Waals surface area (Å²) in [6.07, 6.45) is 0. The van der Waals surface area contributed by atoms with Gasteiger partial charge in [-0.2, -0.15) is 0 Å². The molecule has 6 nitrogen and oxygen atoms in total. The van der Waals surface area contributed by atoms with Crippen LogP contribution < -0.4 is 0 Å². The van der Waals surface area contributed by atoms with Crippen LogP contribution in [-0.4, -0.2) is 40.0 Å². The molecule has 0 spiro atoms. The predicted octanol–water partition coefficient (Wildman–Crippen LogP) is 2.20. The Morgan fingerprint density at radius 2 is 2.05 bits per heavy atom. The Bertz CT molecular complexity index is 516. The van der Waals surface area contributed by atoms with E-state index in [9.17, 15) is 20.0 Å². The van der Waals surface area contributed by atoms with Gasteiger partial charge >= 0.3 is 0 Å². The maximum atomic E-state index is 12.2. The summed E-state index contributed by atoms with van der Waals surface area (Å²) in [4.78, 5) is 23.8. The van der Waals surface area contributed by atoms with Gasteiger partial charge in [0.25, 0.3) is 11.6 Å². The Labute approximate surface area is 119 Å². The van der Waals surface area contributed by atoms with Gasteiger partial charge in [-0.15, -0.1) is 0 Å². The van der Waals surface area contributed by atoms with Gasteiger partial charge in [0.1, 0.15) is 0 Å². The number of rotatable bonds is 4. The first kappa shape index (κ1) is 15.6. The third-order valence-electron chi connectivity index (χ3n) is 2.94. The normalized spacial score (nSPS) is 11.2. The first-order valence-corrected chi connectivity index (χ1v) is 6.32. The number of carbonyl (C=O) groups is 1. The van der Waals surface area contributed by atoms with Crippen molar-refractivity contribution < 1.29 is 14.8 Å². The van der Waals surface area contributed by atoms with Crippen molar-refractivity contribution in [2.24, 2.45) is 0 Å². The molecule has 0 unspecified atom stereocenters. The second-order valence-corrected chi connectivity index (χ2v) is 5.71. The predicted molar refractivity (Wildman–Crippen MR) is 74.1 cm³/mol. The van der Waals surface area contributed by atoms with Crippen LogP contribution in [0.1, 0.15) is 24.2 Å². The number of halogens is 1. The molecule has 7 heteroatoms. The van der Waals surface area contributed by atoms with Crippen LogP contribution >= 0.6 is 15.9 Å². The van der Waals surface area contributed by atoms with Crippen molar-refractivity contribution in [2.75, 3.05) is 13.7 Å². The van der Waals surface area contributed by atoms with Crippen molar-refractivity contribution in [3.05, 3.63) is 38.3 Å². The Kier molecular flexibility index (Phi) is 4.65. The van der Waals surface area contributed by atoms with E-state index in [1.165, 1.54) is 23.1 Å². The lowest BCUT2D eigenvalue weighted by atomic mass is 10.0. The fourth-order valence-electron chi connectivity index (χ4n) is 1.38. The highest BCUT2D eigenvalue weighted by Gasteiger charge is 2.28. The van der Waals surface area contributed by atoms with E-state index in [1.54, 1.807) is 20.9 Å². The van der Waals surface area contributed by atoms with Gasteiger partial charge in [0.2, 0.25) is 0 Å². The fourth-order valence-corrected chi connectivity index (χ4v) is 1.86. The molecule has 104 valence electrons. The smallest absolute Gasteiger partial charge is 0.271 e. The van der Waals surface area contributed by atoms with Crippen molar-refractivity contribution in [2.45, 2.75) is 19.4 Å². The molecule has 0 radical (unpaired) electrons. The summed E-state index contributed by atoms with van der Waals surface area (Å²) in [5, 5.41) is 20.0. The lowest BCUT2D eigenvalue weighted by Gasteiger charge is -2.34. The average Bonchev–Trinajstić information content (AvgIpc) is 2.36. The number of benzene rings is 1. The lowest BCUT2D eigenvalue weighted by Crippen LogP contribution is -2.47. The highest BCUT2D eigenvalue weighted by molar-refractivity contribution is 9.10. The number of hydrogen-bond acceptors (Lipinski definition) is 4. The molecular formula is C12H15BrN2O4.